The van der Waals surface area contributed by atoms with Gasteiger partial charge in [0, 0.05) is 35.7 Å². The highest BCUT2D eigenvalue weighted by Crippen LogP contribution is 2.26. The second-order valence-electron chi connectivity index (χ2n) is 6.36. The Hall–Kier alpha value is -0.420. The van der Waals surface area contributed by atoms with E-state index in [4.69, 9.17) is 5.73 Å². The van der Waals surface area contributed by atoms with Crippen molar-refractivity contribution in [3.05, 3.63) is 34.3 Å². The van der Waals surface area contributed by atoms with E-state index in [9.17, 15) is 0 Å². The van der Waals surface area contributed by atoms with Gasteiger partial charge in [0.25, 0.3) is 0 Å². The van der Waals surface area contributed by atoms with Gasteiger partial charge in [0.1, 0.15) is 0 Å². The van der Waals surface area contributed by atoms with Gasteiger partial charge >= 0.3 is 0 Å². The number of benzene rings is 1. The topological polar surface area (TPSA) is 32.5 Å². The Bertz CT molecular complexity index is 432. The lowest BCUT2D eigenvalue weighted by Gasteiger charge is -2.38. The molecule has 1 aliphatic heterocycles. The van der Waals surface area contributed by atoms with Crippen molar-refractivity contribution in [1.29, 1.82) is 0 Å². The van der Waals surface area contributed by atoms with Crippen LogP contribution in [0.15, 0.2) is 28.7 Å². The van der Waals surface area contributed by atoms with Crippen molar-refractivity contribution in [2.24, 2.45) is 5.73 Å². The normalized spacial score (nSPS) is 23.2. The summed E-state index contributed by atoms with van der Waals surface area (Å²) in [4.78, 5) is 4.90. The molecule has 2 rings (SSSR count). The summed E-state index contributed by atoms with van der Waals surface area (Å²) in [5.41, 5.74) is 7.53. The predicted molar refractivity (Wildman–Crippen MR) is 89.0 cm³/mol. The fourth-order valence-electron chi connectivity index (χ4n) is 3.01. The van der Waals surface area contributed by atoms with Crippen molar-refractivity contribution >= 4 is 15.9 Å². The van der Waals surface area contributed by atoms with Gasteiger partial charge in [-0.2, -0.15) is 0 Å². The maximum atomic E-state index is 6.12. The van der Waals surface area contributed by atoms with Crippen LogP contribution in [-0.4, -0.2) is 55.1 Å². The van der Waals surface area contributed by atoms with Crippen LogP contribution in [0.1, 0.15) is 18.9 Å². The third-order valence-corrected chi connectivity index (χ3v) is 5.12. The van der Waals surface area contributed by atoms with Gasteiger partial charge in [0.05, 0.1) is 0 Å². The maximum Gasteiger partial charge on any atom is 0.0344 e. The Morgan fingerprint density at radius 3 is 2.50 bits per heavy atom. The number of nitrogens with zero attached hydrogens (tertiary/aromatic N) is 2. The molecule has 4 heteroatoms. The van der Waals surface area contributed by atoms with Crippen LogP contribution in [0.4, 0.5) is 0 Å². The molecule has 2 atom stereocenters. The largest absolute Gasteiger partial charge is 0.329 e. The average molecular weight is 340 g/mol. The van der Waals surface area contributed by atoms with Crippen molar-refractivity contribution in [3.8, 4) is 0 Å². The molecular formula is C16H26BrN3. The Morgan fingerprint density at radius 1 is 1.35 bits per heavy atom. The Kier molecular flexibility index (Phi) is 5.24. The second-order valence-corrected chi connectivity index (χ2v) is 7.27. The monoisotopic (exact) mass is 339 g/mol. The molecule has 1 fully saturated rings. The van der Waals surface area contributed by atoms with E-state index in [0.717, 1.165) is 24.0 Å². The lowest BCUT2D eigenvalue weighted by molar-refractivity contribution is 0.131. The van der Waals surface area contributed by atoms with Crippen LogP contribution >= 0.6 is 15.9 Å². The van der Waals surface area contributed by atoms with Gasteiger partial charge in [-0.1, -0.05) is 28.1 Å². The summed E-state index contributed by atoms with van der Waals surface area (Å²) in [7, 11) is 4.34. The number of hydrogen-bond donors (Lipinski definition) is 1. The van der Waals surface area contributed by atoms with E-state index in [1.165, 1.54) is 12.0 Å². The second kappa shape index (κ2) is 6.56. The number of likely N-dealkylation sites (tertiary alicyclic amines) is 1. The first-order valence-electron chi connectivity index (χ1n) is 7.30. The molecule has 112 valence electrons. The van der Waals surface area contributed by atoms with Crippen LogP contribution in [0, 0.1) is 0 Å². The summed E-state index contributed by atoms with van der Waals surface area (Å²) in [5, 5.41) is 0. The summed E-state index contributed by atoms with van der Waals surface area (Å²) < 4.78 is 1.13. The van der Waals surface area contributed by atoms with Gasteiger partial charge < -0.3 is 10.6 Å². The number of likely N-dealkylation sites (N-methyl/N-ethyl adjacent to an activating group) is 1. The van der Waals surface area contributed by atoms with Crippen LogP contribution in [0.2, 0.25) is 0 Å². The molecule has 1 saturated heterocycles. The van der Waals surface area contributed by atoms with Crippen molar-refractivity contribution < 1.29 is 0 Å². The number of rotatable bonds is 5. The zero-order valence-electron chi connectivity index (χ0n) is 12.8. The summed E-state index contributed by atoms with van der Waals surface area (Å²) in [6.07, 6.45) is 2.25. The molecule has 0 spiro atoms. The van der Waals surface area contributed by atoms with Crippen molar-refractivity contribution in [3.63, 3.8) is 0 Å². The average Bonchev–Trinajstić information content (AvgIpc) is 2.92. The quantitative estimate of drug-likeness (QED) is 0.893. The zero-order chi connectivity index (χ0) is 14.8. The summed E-state index contributed by atoms with van der Waals surface area (Å²) in [5.74, 6) is 0. The number of nitrogens with two attached hydrogens (primary N) is 1. The van der Waals surface area contributed by atoms with E-state index in [1.807, 2.05) is 0 Å². The van der Waals surface area contributed by atoms with Gasteiger partial charge in [-0.05, 0) is 51.6 Å². The molecule has 1 heterocycles. The van der Waals surface area contributed by atoms with E-state index >= 15 is 0 Å². The van der Waals surface area contributed by atoms with Gasteiger partial charge in [-0.3, -0.25) is 4.90 Å². The van der Waals surface area contributed by atoms with E-state index in [-0.39, 0.29) is 5.54 Å². The van der Waals surface area contributed by atoms with Gasteiger partial charge in [-0.15, -0.1) is 0 Å². The lowest BCUT2D eigenvalue weighted by atomic mass is 9.91. The molecule has 3 nitrogen and oxygen atoms in total. The molecule has 2 unspecified atom stereocenters. The molecule has 0 aromatic heterocycles. The van der Waals surface area contributed by atoms with Crippen molar-refractivity contribution in [1.82, 2.24) is 9.80 Å². The first-order chi connectivity index (χ1) is 9.44. The molecule has 0 bridgehead atoms. The molecule has 0 aliphatic carbocycles. The van der Waals surface area contributed by atoms with Gasteiger partial charge in [0.2, 0.25) is 0 Å². The SMILES string of the molecule is CN(C)C1CCN(C(C)(CN)Cc2ccc(Br)cc2)C1. The molecule has 20 heavy (non-hydrogen) atoms. The third-order valence-electron chi connectivity index (χ3n) is 4.60. The molecule has 1 aliphatic rings. The molecule has 0 amide bonds. The molecular weight excluding hydrogens is 314 g/mol. The highest BCUT2D eigenvalue weighted by molar-refractivity contribution is 9.10. The molecule has 2 N–H and O–H groups in total. The van der Waals surface area contributed by atoms with Gasteiger partial charge in [-0.25, -0.2) is 0 Å². The minimum atomic E-state index is 0.0542. The number of halogens is 1. The highest BCUT2D eigenvalue weighted by Gasteiger charge is 2.36. The fraction of sp³-hybridized carbons (Fsp3) is 0.625. The minimum absolute atomic E-state index is 0.0542. The van der Waals surface area contributed by atoms with Crippen molar-refractivity contribution in [2.75, 3.05) is 33.7 Å². The Labute approximate surface area is 131 Å². The smallest absolute Gasteiger partial charge is 0.0344 e. The zero-order valence-corrected chi connectivity index (χ0v) is 14.4. The standard InChI is InChI=1S/C16H26BrN3/c1-16(12-18,10-13-4-6-14(17)7-5-13)20-9-8-15(11-20)19(2)3/h4-7,15H,8-12,18H2,1-3H3. The van der Waals surface area contributed by atoms with Crippen LogP contribution in [0.5, 0.6) is 0 Å². The predicted octanol–water partition coefficient (Wildman–Crippen LogP) is 2.34. The molecule has 0 saturated carbocycles. The van der Waals surface area contributed by atoms with E-state index in [2.05, 4.69) is 71.0 Å². The maximum absolute atomic E-state index is 6.12. The summed E-state index contributed by atoms with van der Waals surface area (Å²) in [6.45, 7) is 5.26. The van der Waals surface area contributed by atoms with Crippen LogP contribution in [0.3, 0.4) is 0 Å². The van der Waals surface area contributed by atoms with Crippen LogP contribution < -0.4 is 5.73 Å². The first kappa shape index (κ1) is 16.0. The summed E-state index contributed by atoms with van der Waals surface area (Å²) >= 11 is 3.49. The van der Waals surface area contributed by atoms with E-state index in [1.54, 1.807) is 0 Å². The fourth-order valence-corrected chi connectivity index (χ4v) is 3.27. The number of hydrogen-bond acceptors (Lipinski definition) is 3. The van der Waals surface area contributed by atoms with Crippen LogP contribution in [-0.2, 0) is 6.42 Å². The lowest BCUT2D eigenvalue weighted by Crippen LogP contribution is -2.53. The minimum Gasteiger partial charge on any atom is -0.329 e. The molecule has 1 aromatic carbocycles. The van der Waals surface area contributed by atoms with Crippen molar-refractivity contribution in [2.45, 2.75) is 31.3 Å². The molecule has 1 aromatic rings. The van der Waals surface area contributed by atoms with E-state index in [0.29, 0.717) is 12.6 Å². The summed E-state index contributed by atoms with van der Waals surface area (Å²) in [6, 6.07) is 9.26. The first-order valence-corrected chi connectivity index (χ1v) is 8.10. The third kappa shape index (κ3) is 3.61. The van der Waals surface area contributed by atoms with Crippen LogP contribution in [0.25, 0.3) is 0 Å². The van der Waals surface area contributed by atoms with Gasteiger partial charge in [0.15, 0.2) is 0 Å². The molecule has 0 radical (unpaired) electrons. The Balaban J connectivity index is 2.07. The Morgan fingerprint density at radius 2 is 2.00 bits per heavy atom. The highest BCUT2D eigenvalue weighted by atomic mass is 79.9. The van der Waals surface area contributed by atoms with E-state index < -0.39 is 0 Å².